The van der Waals surface area contributed by atoms with Gasteiger partial charge < -0.3 is 0 Å². The Hall–Kier alpha value is -3.67. The largest absolute Gasteiger partial charge is 0.256 e. The van der Waals surface area contributed by atoms with Crippen LogP contribution in [0.25, 0.3) is 33.3 Å². The summed E-state index contributed by atoms with van der Waals surface area (Å²) in [5, 5.41) is 9.54. The van der Waals surface area contributed by atoms with Gasteiger partial charge in [-0.2, -0.15) is 0 Å². The molecule has 3 heterocycles. The summed E-state index contributed by atoms with van der Waals surface area (Å²) in [5.74, 6) is -0.240. The maximum atomic E-state index is 14.0. The number of hydrogen-bond donors (Lipinski definition) is 0. The lowest BCUT2D eigenvalue weighted by Gasteiger charge is -2.06. The molecule has 5 nitrogen and oxygen atoms in total. The number of nitrogens with zero attached hydrogens (tertiary/aromatic N) is 5. The Kier molecular flexibility index (Phi) is 3.83. The van der Waals surface area contributed by atoms with Crippen LogP contribution in [0.3, 0.4) is 0 Å². The van der Waals surface area contributed by atoms with Gasteiger partial charge in [0.15, 0.2) is 5.65 Å². The fraction of sp³-hybridized carbons (Fsp3) is 0.0909. The van der Waals surface area contributed by atoms with Gasteiger partial charge in [-0.3, -0.25) is 4.98 Å². The molecule has 5 aromatic rings. The second-order valence-corrected chi connectivity index (χ2v) is 6.78. The average molecular weight is 369 g/mol. The molecular formula is C22H16FN5. The van der Waals surface area contributed by atoms with Gasteiger partial charge in [0.05, 0.1) is 17.8 Å². The minimum Gasteiger partial charge on any atom is -0.256 e. The highest BCUT2D eigenvalue weighted by Crippen LogP contribution is 2.23. The lowest BCUT2D eigenvalue weighted by molar-refractivity contribution is 0.619. The summed E-state index contributed by atoms with van der Waals surface area (Å²) in [6.45, 7) is 2.29. The number of hydrogen-bond acceptors (Lipinski definition) is 4. The third-order valence-corrected chi connectivity index (χ3v) is 4.83. The van der Waals surface area contributed by atoms with Crippen LogP contribution in [0.15, 0.2) is 66.9 Å². The molecule has 0 amide bonds. The van der Waals surface area contributed by atoms with E-state index < -0.39 is 0 Å². The van der Waals surface area contributed by atoms with Gasteiger partial charge in [-0.05, 0) is 54.4 Å². The van der Waals surface area contributed by atoms with Crippen molar-refractivity contribution in [2.45, 2.75) is 13.5 Å². The van der Waals surface area contributed by atoms with Crippen molar-refractivity contribution in [1.29, 1.82) is 0 Å². The van der Waals surface area contributed by atoms with Gasteiger partial charge in [0.1, 0.15) is 11.3 Å². The SMILES string of the molecule is Cc1ccc(-c2ccc3nnn(Cc4ccc5ncccc5c4)c3n2)cc1F. The van der Waals surface area contributed by atoms with Crippen molar-refractivity contribution in [2.24, 2.45) is 0 Å². The van der Waals surface area contributed by atoms with Gasteiger partial charge in [-0.15, -0.1) is 5.10 Å². The average Bonchev–Trinajstić information content (AvgIpc) is 3.12. The Bertz CT molecular complexity index is 1330. The Labute approximate surface area is 160 Å². The number of aromatic nitrogens is 5. The van der Waals surface area contributed by atoms with E-state index in [4.69, 9.17) is 4.98 Å². The van der Waals surface area contributed by atoms with E-state index >= 15 is 0 Å². The normalized spacial score (nSPS) is 11.4. The van der Waals surface area contributed by atoms with Gasteiger partial charge in [-0.1, -0.05) is 29.5 Å². The van der Waals surface area contributed by atoms with Crippen LogP contribution >= 0.6 is 0 Å². The lowest BCUT2D eigenvalue weighted by Crippen LogP contribution is -2.03. The molecule has 6 heteroatoms. The second kappa shape index (κ2) is 6.49. The molecule has 28 heavy (non-hydrogen) atoms. The number of aryl methyl sites for hydroxylation is 1. The first-order valence-electron chi connectivity index (χ1n) is 8.98. The molecule has 0 aliphatic rings. The first-order valence-corrected chi connectivity index (χ1v) is 8.98. The van der Waals surface area contributed by atoms with Crippen LogP contribution < -0.4 is 0 Å². The number of pyridine rings is 2. The fourth-order valence-corrected chi connectivity index (χ4v) is 3.27. The van der Waals surface area contributed by atoms with Crippen molar-refractivity contribution in [3.8, 4) is 11.3 Å². The highest BCUT2D eigenvalue weighted by molar-refractivity contribution is 5.79. The molecule has 0 atom stereocenters. The summed E-state index contributed by atoms with van der Waals surface area (Å²) in [6.07, 6.45) is 1.78. The number of benzene rings is 2. The summed E-state index contributed by atoms with van der Waals surface area (Å²) in [5.41, 5.74) is 5.45. The van der Waals surface area contributed by atoms with Gasteiger partial charge >= 0.3 is 0 Å². The first kappa shape index (κ1) is 16.5. The summed E-state index contributed by atoms with van der Waals surface area (Å²) in [7, 11) is 0. The molecule has 0 aliphatic carbocycles. The van der Waals surface area contributed by atoms with Crippen LogP contribution in [-0.4, -0.2) is 25.0 Å². The summed E-state index contributed by atoms with van der Waals surface area (Å²) < 4.78 is 15.7. The van der Waals surface area contributed by atoms with Gasteiger partial charge in [-0.25, -0.2) is 14.1 Å². The predicted octanol–water partition coefficient (Wildman–Crippen LogP) is 4.54. The van der Waals surface area contributed by atoms with E-state index in [1.54, 1.807) is 23.9 Å². The quantitative estimate of drug-likeness (QED) is 0.469. The van der Waals surface area contributed by atoms with Gasteiger partial charge in [0.25, 0.3) is 0 Å². The molecule has 0 saturated heterocycles. The standard InChI is InChI=1S/C22H16FN5/c1-14-4-6-17(12-18(14)23)20-8-9-21-22(25-20)28(27-26-21)13-15-5-7-19-16(11-15)3-2-10-24-19/h2-12H,13H2,1H3. The van der Waals surface area contributed by atoms with Crippen LogP contribution in [0.5, 0.6) is 0 Å². The van der Waals surface area contributed by atoms with E-state index in [9.17, 15) is 4.39 Å². The van der Waals surface area contributed by atoms with Gasteiger partial charge in [0, 0.05) is 17.1 Å². The monoisotopic (exact) mass is 369 g/mol. The van der Waals surface area contributed by atoms with Gasteiger partial charge in [0.2, 0.25) is 0 Å². The summed E-state index contributed by atoms with van der Waals surface area (Å²) in [4.78, 5) is 9.04. The molecule has 0 fully saturated rings. The zero-order valence-electron chi connectivity index (χ0n) is 15.2. The molecule has 0 N–H and O–H groups in total. The zero-order valence-corrected chi connectivity index (χ0v) is 15.2. The molecule has 0 saturated carbocycles. The van der Waals surface area contributed by atoms with Crippen molar-refractivity contribution in [3.63, 3.8) is 0 Å². The van der Waals surface area contributed by atoms with E-state index in [1.807, 2.05) is 42.5 Å². The number of rotatable bonds is 3. The smallest absolute Gasteiger partial charge is 0.179 e. The maximum absolute atomic E-state index is 14.0. The number of fused-ring (bicyclic) bond motifs is 2. The predicted molar refractivity (Wildman–Crippen MR) is 106 cm³/mol. The molecule has 0 unspecified atom stereocenters. The molecule has 0 aliphatic heterocycles. The highest BCUT2D eigenvalue weighted by atomic mass is 19.1. The van der Waals surface area contributed by atoms with Crippen LogP contribution in [0.2, 0.25) is 0 Å². The molecular weight excluding hydrogens is 353 g/mol. The number of halogens is 1. The molecule has 136 valence electrons. The molecule has 0 bridgehead atoms. The van der Waals surface area contributed by atoms with E-state index in [0.717, 1.165) is 22.0 Å². The second-order valence-electron chi connectivity index (χ2n) is 6.78. The fourth-order valence-electron chi connectivity index (χ4n) is 3.27. The molecule has 5 rings (SSSR count). The Morgan fingerprint density at radius 2 is 1.86 bits per heavy atom. The summed E-state index contributed by atoms with van der Waals surface area (Å²) in [6, 6.07) is 18.9. The highest BCUT2D eigenvalue weighted by Gasteiger charge is 2.10. The molecule has 3 aromatic heterocycles. The maximum Gasteiger partial charge on any atom is 0.179 e. The van der Waals surface area contributed by atoms with Crippen LogP contribution in [0.1, 0.15) is 11.1 Å². The van der Waals surface area contributed by atoms with Crippen molar-refractivity contribution in [1.82, 2.24) is 25.0 Å². The minimum absolute atomic E-state index is 0.240. The van der Waals surface area contributed by atoms with E-state index in [-0.39, 0.29) is 5.82 Å². The van der Waals surface area contributed by atoms with Crippen molar-refractivity contribution >= 4 is 22.1 Å². The van der Waals surface area contributed by atoms with E-state index in [2.05, 4.69) is 21.4 Å². The van der Waals surface area contributed by atoms with Crippen LogP contribution in [0, 0.1) is 12.7 Å². The topological polar surface area (TPSA) is 56.5 Å². The van der Waals surface area contributed by atoms with Crippen molar-refractivity contribution < 1.29 is 4.39 Å². The molecule has 0 spiro atoms. The van der Waals surface area contributed by atoms with E-state index in [1.165, 1.54) is 6.07 Å². The first-order chi connectivity index (χ1) is 13.7. The van der Waals surface area contributed by atoms with Crippen molar-refractivity contribution in [2.75, 3.05) is 0 Å². The minimum atomic E-state index is -0.240. The third kappa shape index (κ3) is 2.89. The third-order valence-electron chi connectivity index (χ3n) is 4.83. The van der Waals surface area contributed by atoms with Crippen LogP contribution in [0.4, 0.5) is 4.39 Å². The Balaban J connectivity index is 1.54. The molecule has 2 aromatic carbocycles. The lowest BCUT2D eigenvalue weighted by atomic mass is 10.1. The summed E-state index contributed by atoms with van der Waals surface area (Å²) >= 11 is 0. The Morgan fingerprint density at radius 3 is 2.75 bits per heavy atom. The van der Waals surface area contributed by atoms with Crippen LogP contribution in [-0.2, 0) is 6.54 Å². The zero-order chi connectivity index (χ0) is 19.1. The molecule has 0 radical (unpaired) electrons. The van der Waals surface area contributed by atoms with E-state index in [0.29, 0.717) is 29.0 Å². The Morgan fingerprint density at radius 1 is 0.964 bits per heavy atom. The van der Waals surface area contributed by atoms with Crippen molar-refractivity contribution in [3.05, 3.63) is 83.8 Å².